The van der Waals surface area contributed by atoms with E-state index in [0.717, 1.165) is 35.9 Å². The fraction of sp³-hybridized carbons (Fsp3) is 0.405. The van der Waals surface area contributed by atoms with Gasteiger partial charge in [-0.2, -0.15) is 0 Å². The van der Waals surface area contributed by atoms with Crippen LogP contribution in [-0.2, 0) is 20.8 Å². The quantitative estimate of drug-likeness (QED) is 0.130. The number of aromatic nitrogens is 1. The van der Waals surface area contributed by atoms with Gasteiger partial charge >= 0.3 is 0 Å². The molecule has 0 saturated carbocycles. The summed E-state index contributed by atoms with van der Waals surface area (Å²) >= 11 is 1.29. The Bertz CT molecular complexity index is 1890. The van der Waals surface area contributed by atoms with E-state index in [2.05, 4.69) is 34.6 Å². The van der Waals surface area contributed by atoms with Gasteiger partial charge in [-0.05, 0) is 79.3 Å². The van der Waals surface area contributed by atoms with E-state index in [-0.39, 0.29) is 36.0 Å². The molecule has 0 bridgehead atoms. The number of nitrogens with two attached hydrogens (primary N) is 1. The van der Waals surface area contributed by atoms with Gasteiger partial charge in [-0.1, -0.05) is 54.6 Å². The minimum absolute atomic E-state index is 0.00401. The zero-order chi connectivity index (χ0) is 34.1. The third-order valence-electron chi connectivity index (χ3n) is 10.2. The number of piperazine rings is 1. The Morgan fingerprint density at radius 3 is 2.65 bits per heavy atom. The highest BCUT2D eigenvalue weighted by Crippen LogP contribution is 2.31. The van der Waals surface area contributed by atoms with E-state index >= 15 is 0 Å². The number of nitrogens with one attached hydrogen (secondary N) is 2. The molecule has 1 aromatic heterocycles. The molecule has 4 atom stereocenters. The highest BCUT2D eigenvalue weighted by Gasteiger charge is 2.49. The number of para-hydroxylation sites is 1. The van der Waals surface area contributed by atoms with Crippen LogP contribution in [0, 0.1) is 11.3 Å². The van der Waals surface area contributed by atoms with Crippen molar-refractivity contribution in [2.24, 2.45) is 11.7 Å². The van der Waals surface area contributed by atoms with Crippen molar-refractivity contribution >= 4 is 61.8 Å². The summed E-state index contributed by atoms with van der Waals surface area (Å²) in [5, 5.41) is 13.6. The van der Waals surface area contributed by atoms with E-state index in [1.807, 2.05) is 42.5 Å². The molecule has 49 heavy (non-hydrogen) atoms. The largest absolute Gasteiger partial charge is 0.370 e. The summed E-state index contributed by atoms with van der Waals surface area (Å²) in [6.07, 6.45) is 4.28. The lowest BCUT2D eigenvalue weighted by Crippen LogP contribution is -2.62. The van der Waals surface area contributed by atoms with Crippen LogP contribution in [0.3, 0.4) is 0 Å². The number of carbonyl (C=O) groups is 4. The fourth-order valence-corrected chi connectivity index (χ4v) is 8.75. The molecule has 4 aromatic rings. The van der Waals surface area contributed by atoms with E-state index in [4.69, 9.17) is 11.1 Å². The van der Waals surface area contributed by atoms with Crippen LogP contribution in [0.2, 0.25) is 0 Å². The maximum atomic E-state index is 14.0. The van der Waals surface area contributed by atoms with Crippen LogP contribution >= 0.6 is 11.3 Å². The van der Waals surface area contributed by atoms with Crippen LogP contribution in [-0.4, -0.2) is 93.5 Å². The first-order valence-corrected chi connectivity index (χ1v) is 17.9. The SMILES string of the molecule is N=C(N)N1CCC[C@@H](C[C@H](NC(=O)[C@@H]2CC[C@H]3C(=O)N(CCCc4cccc5ccccc45)CC(=O)N23)C(=O)c2nc3ccccc3s2)C1. The Hall–Kier alpha value is -4.84. The highest BCUT2D eigenvalue weighted by molar-refractivity contribution is 7.20. The molecule has 0 unspecified atom stereocenters. The van der Waals surface area contributed by atoms with Crippen LogP contribution in [0.1, 0.15) is 53.9 Å². The van der Waals surface area contributed by atoms with Gasteiger partial charge in [0.2, 0.25) is 23.5 Å². The molecule has 12 heteroatoms. The number of likely N-dealkylation sites (tertiary alicyclic amines) is 1. The molecule has 3 aliphatic rings. The number of hydrogen-bond donors (Lipinski definition) is 3. The Morgan fingerprint density at radius 1 is 1.02 bits per heavy atom. The van der Waals surface area contributed by atoms with Gasteiger partial charge in [0.15, 0.2) is 11.0 Å². The molecule has 0 aliphatic carbocycles. The maximum absolute atomic E-state index is 14.0. The smallest absolute Gasteiger partial charge is 0.245 e. The van der Waals surface area contributed by atoms with Crippen LogP contribution in [0.4, 0.5) is 0 Å². The Kier molecular flexibility index (Phi) is 9.31. The number of ketones is 1. The summed E-state index contributed by atoms with van der Waals surface area (Å²) in [7, 11) is 0. The van der Waals surface area contributed by atoms with Gasteiger partial charge in [-0.3, -0.25) is 24.6 Å². The van der Waals surface area contributed by atoms with Gasteiger partial charge in [0.25, 0.3) is 0 Å². The van der Waals surface area contributed by atoms with Crippen molar-refractivity contribution in [3.8, 4) is 0 Å². The zero-order valence-corrected chi connectivity index (χ0v) is 28.2. The molecule has 3 saturated heterocycles. The van der Waals surface area contributed by atoms with Gasteiger partial charge in [0.05, 0.1) is 22.8 Å². The van der Waals surface area contributed by atoms with Crippen molar-refractivity contribution in [3.05, 3.63) is 77.3 Å². The predicted molar refractivity (Wildman–Crippen MR) is 189 cm³/mol. The van der Waals surface area contributed by atoms with Crippen LogP contribution in [0.25, 0.3) is 21.0 Å². The summed E-state index contributed by atoms with van der Waals surface area (Å²) in [5.41, 5.74) is 7.72. The second kappa shape index (κ2) is 13.9. The number of hydrogen-bond acceptors (Lipinski definition) is 7. The first kappa shape index (κ1) is 32.7. The molecule has 0 radical (unpaired) electrons. The van der Waals surface area contributed by atoms with Crippen molar-refractivity contribution in [1.82, 2.24) is 25.0 Å². The van der Waals surface area contributed by atoms with Gasteiger partial charge in [0.1, 0.15) is 12.1 Å². The van der Waals surface area contributed by atoms with Crippen LogP contribution in [0.5, 0.6) is 0 Å². The third-order valence-corrected chi connectivity index (χ3v) is 11.3. The molecule has 4 heterocycles. The minimum atomic E-state index is -0.870. The fourth-order valence-electron chi connectivity index (χ4n) is 7.79. The molecule has 3 aromatic carbocycles. The van der Waals surface area contributed by atoms with E-state index in [0.29, 0.717) is 43.9 Å². The highest BCUT2D eigenvalue weighted by atomic mass is 32.1. The Morgan fingerprint density at radius 2 is 1.82 bits per heavy atom. The first-order chi connectivity index (χ1) is 23.8. The average Bonchev–Trinajstić information content (AvgIpc) is 3.76. The zero-order valence-electron chi connectivity index (χ0n) is 27.3. The summed E-state index contributed by atoms with van der Waals surface area (Å²) in [5.74, 6) is -1.05. The molecule has 4 N–H and O–H groups in total. The predicted octanol–water partition coefficient (Wildman–Crippen LogP) is 3.95. The number of carbonyl (C=O) groups excluding carboxylic acids is 4. The second-order valence-corrected chi connectivity index (χ2v) is 14.4. The van der Waals surface area contributed by atoms with Crippen molar-refractivity contribution in [2.75, 3.05) is 26.2 Å². The lowest BCUT2D eigenvalue weighted by atomic mass is 9.89. The standard InChI is InChI=1S/C37H41N7O4S/c38-37(39)43-19-6-8-23(21-43)20-28(33(46)35-41-27-14-3-4-15-31(27)49-35)40-34(47)29-16-17-30-36(48)42(22-32(45)44(29)30)18-7-12-25-11-5-10-24-9-1-2-13-26(24)25/h1-5,9-11,13-15,23,28-30H,6-8,12,16-22H2,(H3,38,39)(H,40,47)/t23-,28-,29-,30-/m0/s1. The van der Waals surface area contributed by atoms with Crippen LogP contribution in [0.15, 0.2) is 66.7 Å². The number of nitrogens with zero attached hydrogens (tertiary/aromatic N) is 4. The second-order valence-electron chi connectivity index (χ2n) is 13.4. The van der Waals surface area contributed by atoms with E-state index in [1.165, 1.54) is 32.6 Å². The lowest BCUT2D eigenvalue weighted by Gasteiger charge is -2.39. The Balaban J connectivity index is 1.03. The molecule has 254 valence electrons. The van der Waals surface area contributed by atoms with E-state index in [1.54, 1.807) is 9.80 Å². The van der Waals surface area contributed by atoms with Gasteiger partial charge < -0.3 is 25.8 Å². The number of thiazole rings is 1. The lowest BCUT2D eigenvalue weighted by molar-refractivity contribution is -0.157. The average molecular weight is 680 g/mol. The summed E-state index contributed by atoms with van der Waals surface area (Å²) < 4.78 is 0.883. The monoisotopic (exact) mass is 679 g/mol. The molecule has 7 rings (SSSR count). The van der Waals surface area contributed by atoms with Crippen molar-refractivity contribution in [2.45, 2.75) is 63.1 Å². The topological polar surface area (TPSA) is 153 Å². The number of aryl methyl sites for hydroxylation is 1. The normalized spacial score (nSPS) is 21.6. The maximum Gasteiger partial charge on any atom is 0.245 e. The minimum Gasteiger partial charge on any atom is -0.370 e. The van der Waals surface area contributed by atoms with Crippen molar-refractivity contribution in [3.63, 3.8) is 0 Å². The number of Topliss-reactive ketones (excluding diaryl/α,β-unsaturated/α-hetero) is 1. The number of piperidine rings is 1. The van der Waals surface area contributed by atoms with Gasteiger partial charge in [-0.15, -0.1) is 11.3 Å². The number of amides is 3. The van der Waals surface area contributed by atoms with E-state index in [9.17, 15) is 19.2 Å². The summed E-state index contributed by atoms with van der Waals surface area (Å²) in [4.78, 5) is 64.6. The number of rotatable bonds is 10. The molecule has 0 spiro atoms. The molecule has 11 nitrogen and oxygen atoms in total. The third kappa shape index (κ3) is 6.74. The molecular weight excluding hydrogens is 639 g/mol. The molecule has 3 aliphatic heterocycles. The first-order valence-electron chi connectivity index (χ1n) is 17.1. The van der Waals surface area contributed by atoms with Gasteiger partial charge in [-0.25, -0.2) is 4.98 Å². The van der Waals surface area contributed by atoms with Crippen molar-refractivity contribution in [1.29, 1.82) is 5.41 Å². The molecule has 3 fully saturated rings. The molecule has 3 amide bonds. The molecular formula is C37H41N7O4S. The summed E-state index contributed by atoms with van der Waals surface area (Å²) in [6, 6.07) is 19.6. The number of fused-ring (bicyclic) bond motifs is 3. The van der Waals surface area contributed by atoms with Crippen LogP contribution < -0.4 is 11.1 Å². The Labute approximate surface area is 288 Å². The summed E-state index contributed by atoms with van der Waals surface area (Å²) in [6.45, 7) is 1.61. The van der Waals surface area contributed by atoms with Gasteiger partial charge in [0, 0.05) is 19.6 Å². The number of benzene rings is 3. The van der Waals surface area contributed by atoms with Crippen molar-refractivity contribution < 1.29 is 19.2 Å². The van der Waals surface area contributed by atoms with E-state index < -0.39 is 24.0 Å². The number of guanidine groups is 1.